The van der Waals surface area contributed by atoms with E-state index in [2.05, 4.69) is 0 Å². The highest BCUT2D eigenvalue weighted by Gasteiger charge is 2.19. The minimum atomic E-state index is -0.566. The van der Waals surface area contributed by atoms with Gasteiger partial charge in [0.2, 0.25) is 0 Å². The Bertz CT molecular complexity index is 376. The lowest BCUT2D eigenvalue weighted by atomic mass is 10.1. The van der Waals surface area contributed by atoms with Gasteiger partial charge in [-0.2, -0.15) is 0 Å². The fourth-order valence-corrected chi connectivity index (χ4v) is 1.84. The van der Waals surface area contributed by atoms with Gasteiger partial charge in [-0.15, -0.1) is 0 Å². The molecule has 0 aromatic heterocycles. The number of hydrogen-bond acceptors (Lipinski definition) is 3. The summed E-state index contributed by atoms with van der Waals surface area (Å²) in [5.74, 6) is -1.13. The Balaban J connectivity index is 3.02. The van der Waals surface area contributed by atoms with Gasteiger partial charge in [-0.25, -0.2) is 8.78 Å². The smallest absolute Gasteiger partial charge is 0.149 e. The van der Waals surface area contributed by atoms with E-state index >= 15 is 0 Å². The zero-order valence-corrected chi connectivity index (χ0v) is 11.0. The summed E-state index contributed by atoms with van der Waals surface area (Å²) < 4.78 is 32.8. The second-order valence-electron chi connectivity index (χ2n) is 4.36. The average molecular weight is 258 g/mol. The molecule has 5 heteroatoms. The summed E-state index contributed by atoms with van der Waals surface area (Å²) in [6.07, 6.45) is 0.464. The van der Waals surface area contributed by atoms with E-state index in [-0.39, 0.29) is 11.7 Å². The first-order chi connectivity index (χ1) is 8.51. The Morgan fingerprint density at radius 1 is 1.33 bits per heavy atom. The molecule has 0 radical (unpaired) electrons. The highest BCUT2D eigenvalue weighted by molar-refractivity contribution is 5.51. The van der Waals surface area contributed by atoms with Gasteiger partial charge in [-0.3, -0.25) is 0 Å². The third-order valence-electron chi connectivity index (χ3n) is 2.93. The molecule has 0 bridgehead atoms. The molecule has 0 amide bonds. The van der Waals surface area contributed by atoms with Crippen LogP contribution in [0.4, 0.5) is 14.5 Å². The molecule has 102 valence electrons. The first-order valence-electron chi connectivity index (χ1n) is 5.91. The number of likely N-dealkylation sites (N-methyl/N-ethyl adjacent to an activating group) is 1. The maximum atomic E-state index is 13.9. The number of halogens is 2. The Morgan fingerprint density at radius 2 is 1.89 bits per heavy atom. The molecule has 3 nitrogen and oxygen atoms in total. The number of nitrogens with zero attached hydrogens (tertiary/aromatic N) is 1. The molecular weight excluding hydrogens is 238 g/mol. The third-order valence-corrected chi connectivity index (χ3v) is 2.93. The summed E-state index contributed by atoms with van der Waals surface area (Å²) in [4.78, 5) is 1.54. The summed E-state index contributed by atoms with van der Waals surface area (Å²) >= 11 is 0. The second-order valence-corrected chi connectivity index (χ2v) is 4.36. The van der Waals surface area contributed by atoms with Gasteiger partial charge in [-0.05, 0) is 37.6 Å². The van der Waals surface area contributed by atoms with Crippen LogP contribution in [0.15, 0.2) is 12.1 Å². The predicted molar refractivity (Wildman–Crippen MR) is 68.9 cm³/mol. The van der Waals surface area contributed by atoms with Crippen LogP contribution in [0.1, 0.15) is 12.5 Å². The molecular formula is C13H20F2N2O. The maximum Gasteiger partial charge on any atom is 0.149 e. The van der Waals surface area contributed by atoms with Crippen LogP contribution in [0.5, 0.6) is 0 Å². The van der Waals surface area contributed by atoms with Crippen LogP contribution < -0.4 is 10.6 Å². The van der Waals surface area contributed by atoms with E-state index in [1.165, 1.54) is 12.1 Å². The van der Waals surface area contributed by atoms with Crippen LogP contribution >= 0.6 is 0 Å². The topological polar surface area (TPSA) is 38.5 Å². The highest BCUT2D eigenvalue weighted by atomic mass is 19.1. The zero-order valence-electron chi connectivity index (χ0n) is 11.0. The summed E-state index contributed by atoms with van der Waals surface area (Å²) in [5, 5.41) is 0. The van der Waals surface area contributed by atoms with Crippen molar-refractivity contribution in [2.45, 2.75) is 19.4 Å². The van der Waals surface area contributed by atoms with Crippen molar-refractivity contribution in [1.29, 1.82) is 0 Å². The van der Waals surface area contributed by atoms with Crippen molar-refractivity contribution in [2.24, 2.45) is 5.73 Å². The predicted octanol–water partition coefficient (Wildman–Crippen LogP) is 1.94. The second kappa shape index (κ2) is 6.66. The largest absolute Gasteiger partial charge is 0.383 e. The van der Waals surface area contributed by atoms with Gasteiger partial charge >= 0.3 is 0 Å². The maximum absolute atomic E-state index is 13.9. The van der Waals surface area contributed by atoms with Crippen LogP contribution in [0, 0.1) is 11.6 Å². The van der Waals surface area contributed by atoms with E-state index in [9.17, 15) is 8.78 Å². The van der Waals surface area contributed by atoms with Crippen LogP contribution in [-0.4, -0.2) is 33.4 Å². The number of methoxy groups -OCH3 is 1. The fraction of sp³-hybridized carbons (Fsp3) is 0.538. The molecule has 2 N–H and O–H groups in total. The molecule has 0 aliphatic carbocycles. The van der Waals surface area contributed by atoms with E-state index in [1.54, 1.807) is 19.1 Å². The molecule has 18 heavy (non-hydrogen) atoms. The van der Waals surface area contributed by atoms with Gasteiger partial charge in [0.05, 0.1) is 6.61 Å². The van der Waals surface area contributed by atoms with Crippen LogP contribution in [0.25, 0.3) is 0 Å². The lowest BCUT2D eigenvalue weighted by Crippen LogP contribution is -2.34. The number of benzene rings is 1. The van der Waals surface area contributed by atoms with Crippen molar-refractivity contribution in [3.63, 3.8) is 0 Å². The molecule has 0 spiro atoms. The van der Waals surface area contributed by atoms with E-state index in [0.29, 0.717) is 25.1 Å². The van der Waals surface area contributed by atoms with Crippen LogP contribution in [-0.2, 0) is 11.2 Å². The minimum Gasteiger partial charge on any atom is -0.383 e. The van der Waals surface area contributed by atoms with E-state index in [0.717, 1.165) is 0 Å². The van der Waals surface area contributed by atoms with Crippen molar-refractivity contribution in [3.05, 3.63) is 29.3 Å². The monoisotopic (exact) mass is 258 g/mol. The average Bonchev–Trinajstić information content (AvgIpc) is 2.28. The molecule has 0 aliphatic heterocycles. The summed E-state index contributed by atoms with van der Waals surface area (Å²) in [6.45, 7) is 2.62. The fourth-order valence-electron chi connectivity index (χ4n) is 1.84. The SMILES string of the molecule is COCC(C)N(C)c1c(F)cc(CCN)cc1F. The molecule has 1 aromatic rings. The van der Waals surface area contributed by atoms with Gasteiger partial charge in [0.1, 0.15) is 17.3 Å². The molecule has 1 rings (SSSR count). The standard InChI is InChI=1S/C13H20F2N2O/c1-9(8-18-3)17(2)13-11(14)6-10(4-5-16)7-12(13)15/h6-7,9H,4-5,8,16H2,1-3H3. The van der Waals surface area contributed by atoms with Crippen molar-refractivity contribution in [3.8, 4) is 0 Å². The van der Waals surface area contributed by atoms with Crippen molar-refractivity contribution in [1.82, 2.24) is 0 Å². The number of nitrogens with two attached hydrogens (primary N) is 1. The number of ether oxygens (including phenoxy) is 1. The third kappa shape index (κ3) is 3.40. The van der Waals surface area contributed by atoms with Crippen molar-refractivity contribution >= 4 is 5.69 Å². The number of anilines is 1. The molecule has 0 saturated carbocycles. The Morgan fingerprint density at radius 3 is 2.33 bits per heavy atom. The lowest BCUT2D eigenvalue weighted by molar-refractivity contribution is 0.183. The van der Waals surface area contributed by atoms with Crippen LogP contribution in [0.3, 0.4) is 0 Å². The lowest BCUT2D eigenvalue weighted by Gasteiger charge is -2.27. The summed E-state index contributed by atoms with van der Waals surface area (Å²) in [5.41, 5.74) is 5.92. The molecule has 1 unspecified atom stereocenters. The van der Waals surface area contributed by atoms with Gasteiger partial charge in [0.15, 0.2) is 0 Å². The molecule has 0 fully saturated rings. The Kier molecular flexibility index (Phi) is 5.50. The number of hydrogen-bond donors (Lipinski definition) is 1. The van der Waals surface area contributed by atoms with Gasteiger partial charge in [-0.1, -0.05) is 0 Å². The molecule has 0 saturated heterocycles. The van der Waals surface area contributed by atoms with Crippen molar-refractivity contribution < 1.29 is 13.5 Å². The van der Waals surface area contributed by atoms with E-state index < -0.39 is 11.6 Å². The minimum absolute atomic E-state index is 0.0275. The van der Waals surface area contributed by atoms with Gasteiger partial charge in [0, 0.05) is 20.2 Å². The normalized spacial score (nSPS) is 12.6. The zero-order chi connectivity index (χ0) is 13.7. The Hall–Kier alpha value is -1.20. The highest BCUT2D eigenvalue weighted by Crippen LogP contribution is 2.25. The number of rotatable bonds is 6. The molecule has 1 atom stereocenters. The molecule has 0 aliphatic rings. The van der Waals surface area contributed by atoms with Crippen molar-refractivity contribution in [2.75, 3.05) is 32.2 Å². The Labute approximate surface area is 107 Å². The van der Waals surface area contributed by atoms with Crippen LogP contribution in [0.2, 0.25) is 0 Å². The van der Waals surface area contributed by atoms with E-state index in [1.807, 2.05) is 6.92 Å². The van der Waals surface area contributed by atoms with E-state index in [4.69, 9.17) is 10.5 Å². The first kappa shape index (κ1) is 14.9. The molecule has 1 aromatic carbocycles. The summed E-state index contributed by atoms with van der Waals surface area (Å²) in [7, 11) is 3.20. The van der Waals surface area contributed by atoms with Gasteiger partial charge < -0.3 is 15.4 Å². The first-order valence-corrected chi connectivity index (χ1v) is 5.91. The quantitative estimate of drug-likeness (QED) is 0.847. The molecule has 0 heterocycles. The van der Waals surface area contributed by atoms with Gasteiger partial charge in [0.25, 0.3) is 0 Å². The summed E-state index contributed by atoms with van der Waals surface area (Å²) in [6, 6.07) is 2.56.